The molecule has 1 aliphatic heterocycles. The zero-order valence-corrected chi connectivity index (χ0v) is 21.4. The summed E-state index contributed by atoms with van der Waals surface area (Å²) in [6.07, 6.45) is 1.71. The number of imide groups is 1. The lowest BCUT2D eigenvalue weighted by Gasteiger charge is -2.32. The molecule has 1 saturated heterocycles. The van der Waals surface area contributed by atoms with Crippen molar-refractivity contribution in [3.8, 4) is 11.3 Å². The second-order valence-corrected chi connectivity index (χ2v) is 10.7. The van der Waals surface area contributed by atoms with Gasteiger partial charge in [0.1, 0.15) is 16.8 Å². The molecule has 9 heteroatoms. The quantitative estimate of drug-likeness (QED) is 0.286. The van der Waals surface area contributed by atoms with Gasteiger partial charge in [-0.3, -0.25) is 5.32 Å². The van der Waals surface area contributed by atoms with Gasteiger partial charge < -0.3 is 4.57 Å². The number of quaternary nitrogens is 1. The molecular weight excluding hydrogens is 478 g/mol. The third-order valence-electron chi connectivity index (χ3n) is 6.78. The van der Waals surface area contributed by atoms with Crippen LogP contribution in [0.1, 0.15) is 24.8 Å². The van der Waals surface area contributed by atoms with E-state index in [-0.39, 0.29) is 28.2 Å². The molecule has 2 aromatic carbocycles. The van der Waals surface area contributed by atoms with Gasteiger partial charge in [-0.15, -0.1) is 11.3 Å². The van der Waals surface area contributed by atoms with E-state index in [0.717, 1.165) is 45.3 Å². The van der Waals surface area contributed by atoms with Crippen molar-refractivity contribution in [3.63, 3.8) is 0 Å². The van der Waals surface area contributed by atoms with Gasteiger partial charge in [0.2, 0.25) is 0 Å². The number of aryl methyl sites for hydroxylation is 1. The van der Waals surface area contributed by atoms with Crippen LogP contribution < -0.4 is 5.32 Å². The standard InChI is InChI=1S/C26H27N5O2S2/c1-18-9-8-14-31(18,24(32)17-35-25-29-20-12-6-7-13-22(20)30(25)2)26(33)27-15-23-28-21(16-34-23)19-10-4-3-5-11-19/h3-7,10-13,16,18H,8-9,14-15,17H2,1-2H3/p+1/t18-,31?/m1/s1. The summed E-state index contributed by atoms with van der Waals surface area (Å²) >= 11 is 2.91. The first-order valence-electron chi connectivity index (χ1n) is 11.7. The van der Waals surface area contributed by atoms with Crippen molar-refractivity contribution in [2.75, 3.05) is 12.3 Å². The minimum absolute atomic E-state index is 0.0558. The number of fused-ring (bicyclic) bond motifs is 1. The highest BCUT2D eigenvalue weighted by atomic mass is 32.2. The van der Waals surface area contributed by atoms with Gasteiger partial charge in [-0.1, -0.05) is 54.2 Å². The number of rotatable bonds is 6. The lowest BCUT2D eigenvalue weighted by atomic mass is 10.2. The molecule has 2 aromatic heterocycles. The summed E-state index contributed by atoms with van der Waals surface area (Å²) in [6.45, 7) is 2.84. The summed E-state index contributed by atoms with van der Waals surface area (Å²) in [6, 6.07) is 17.6. The number of thioether (sulfide) groups is 1. The summed E-state index contributed by atoms with van der Waals surface area (Å²) < 4.78 is 1.84. The Labute approximate surface area is 212 Å². The van der Waals surface area contributed by atoms with E-state index in [1.54, 1.807) is 0 Å². The molecule has 2 atom stereocenters. The van der Waals surface area contributed by atoms with Crippen LogP contribution in [-0.2, 0) is 18.4 Å². The van der Waals surface area contributed by atoms with Crippen LogP contribution in [-0.4, -0.2) is 49.3 Å². The third-order valence-corrected chi connectivity index (χ3v) is 8.64. The molecule has 4 aromatic rings. The molecule has 1 unspecified atom stereocenters. The molecule has 0 aliphatic carbocycles. The fourth-order valence-electron chi connectivity index (χ4n) is 4.78. The van der Waals surface area contributed by atoms with Crippen LogP contribution in [0.4, 0.5) is 4.79 Å². The number of urea groups is 1. The zero-order valence-electron chi connectivity index (χ0n) is 19.8. The third kappa shape index (κ3) is 4.51. The van der Waals surface area contributed by atoms with E-state index in [1.165, 1.54) is 23.1 Å². The number of hydrogen-bond donors (Lipinski definition) is 1. The number of hydrogen-bond acceptors (Lipinski definition) is 6. The Balaban J connectivity index is 1.28. The molecule has 0 radical (unpaired) electrons. The van der Waals surface area contributed by atoms with E-state index in [2.05, 4.69) is 15.3 Å². The SMILES string of the molecule is C[C@@H]1CCC[N+]1(C(=O)CSc1nc2ccccc2n1C)C(=O)NCc1nc(-c2ccccc2)cs1. The molecule has 3 heterocycles. The smallest absolute Gasteiger partial charge is 0.322 e. The minimum atomic E-state index is -0.234. The Hall–Kier alpha value is -3.01. The van der Waals surface area contributed by atoms with Crippen LogP contribution in [0, 0.1) is 0 Å². The highest BCUT2D eigenvalue weighted by Gasteiger charge is 2.52. The number of aromatic nitrogens is 3. The van der Waals surface area contributed by atoms with E-state index in [0.29, 0.717) is 13.1 Å². The maximum atomic E-state index is 13.6. The molecule has 1 aliphatic rings. The van der Waals surface area contributed by atoms with Crippen LogP contribution in [0.3, 0.4) is 0 Å². The van der Waals surface area contributed by atoms with Gasteiger partial charge >= 0.3 is 11.9 Å². The number of thiazole rings is 1. The maximum Gasteiger partial charge on any atom is 0.424 e. The number of nitrogens with one attached hydrogen (secondary N) is 1. The van der Waals surface area contributed by atoms with Gasteiger partial charge in [0.15, 0.2) is 5.16 Å². The number of carbonyl (C=O) groups excluding carboxylic acids is 2. The second-order valence-electron chi connectivity index (χ2n) is 8.86. The highest BCUT2D eigenvalue weighted by Crippen LogP contribution is 2.31. The average molecular weight is 507 g/mol. The summed E-state index contributed by atoms with van der Waals surface area (Å²) in [5.74, 6) is 0.123. The largest absolute Gasteiger partial charge is 0.424 e. The monoisotopic (exact) mass is 506 g/mol. The topological polar surface area (TPSA) is 76.9 Å². The van der Waals surface area contributed by atoms with E-state index >= 15 is 0 Å². The minimum Gasteiger partial charge on any atom is -0.322 e. The molecular formula is C26H28N5O2S2+. The number of likely N-dealkylation sites (tertiary alicyclic amines) is 1. The summed E-state index contributed by atoms with van der Waals surface area (Å²) in [4.78, 5) is 36.4. The van der Waals surface area contributed by atoms with E-state index in [1.807, 2.05) is 78.5 Å². The number of imidazole rings is 1. The van der Waals surface area contributed by atoms with Crippen LogP contribution in [0.2, 0.25) is 0 Å². The molecule has 0 bridgehead atoms. The predicted octanol–water partition coefficient (Wildman–Crippen LogP) is 5.22. The second kappa shape index (κ2) is 9.93. The van der Waals surface area contributed by atoms with E-state index in [4.69, 9.17) is 0 Å². The van der Waals surface area contributed by atoms with Crippen molar-refractivity contribution in [1.29, 1.82) is 0 Å². The zero-order chi connectivity index (χ0) is 24.4. The normalized spacial score (nSPS) is 19.8. The van der Waals surface area contributed by atoms with E-state index in [9.17, 15) is 9.59 Å². The highest BCUT2D eigenvalue weighted by molar-refractivity contribution is 7.99. The van der Waals surface area contributed by atoms with Crippen molar-refractivity contribution < 1.29 is 14.1 Å². The van der Waals surface area contributed by atoms with Crippen molar-refractivity contribution in [2.24, 2.45) is 7.05 Å². The van der Waals surface area contributed by atoms with Gasteiger partial charge in [0, 0.05) is 30.8 Å². The summed E-state index contributed by atoms with van der Waals surface area (Å²) in [5, 5.41) is 6.62. The van der Waals surface area contributed by atoms with Crippen molar-refractivity contribution >= 4 is 46.1 Å². The van der Waals surface area contributed by atoms with Crippen molar-refractivity contribution in [1.82, 2.24) is 19.9 Å². The Bertz CT molecular complexity index is 1370. The average Bonchev–Trinajstić information content (AvgIpc) is 3.60. The lowest BCUT2D eigenvalue weighted by molar-refractivity contribution is -0.783. The van der Waals surface area contributed by atoms with Crippen molar-refractivity contribution in [2.45, 2.75) is 37.5 Å². The van der Waals surface area contributed by atoms with Crippen molar-refractivity contribution in [3.05, 3.63) is 65.0 Å². The van der Waals surface area contributed by atoms with Crippen LogP contribution >= 0.6 is 23.1 Å². The lowest BCUT2D eigenvalue weighted by Crippen LogP contribution is -2.63. The van der Waals surface area contributed by atoms with Crippen LogP contribution in [0.5, 0.6) is 0 Å². The van der Waals surface area contributed by atoms with Gasteiger partial charge in [-0.25, -0.2) is 19.6 Å². The first kappa shape index (κ1) is 23.7. The fraction of sp³-hybridized carbons (Fsp3) is 0.308. The Morgan fingerprint density at radius 3 is 2.66 bits per heavy atom. The van der Waals surface area contributed by atoms with Gasteiger partial charge in [-0.2, -0.15) is 4.48 Å². The number of amides is 3. The Morgan fingerprint density at radius 1 is 1.14 bits per heavy atom. The molecule has 5 rings (SSSR count). The number of carbonyl (C=O) groups is 2. The van der Waals surface area contributed by atoms with E-state index < -0.39 is 0 Å². The van der Waals surface area contributed by atoms with Crippen LogP contribution in [0.25, 0.3) is 22.3 Å². The molecule has 35 heavy (non-hydrogen) atoms. The summed E-state index contributed by atoms with van der Waals surface area (Å²) in [7, 11) is 1.95. The summed E-state index contributed by atoms with van der Waals surface area (Å²) in [5.41, 5.74) is 3.87. The Morgan fingerprint density at radius 2 is 1.91 bits per heavy atom. The van der Waals surface area contributed by atoms with Gasteiger partial charge in [-0.05, 0) is 19.1 Å². The molecule has 3 amide bonds. The first-order chi connectivity index (χ1) is 17.0. The molecule has 180 valence electrons. The number of benzene rings is 2. The van der Waals surface area contributed by atoms with Gasteiger partial charge in [0.05, 0.1) is 29.8 Å². The molecule has 0 saturated carbocycles. The molecule has 7 nitrogen and oxygen atoms in total. The predicted molar refractivity (Wildman–Crippen MR) is 140 cm³/mol. The Kier molecular flexibility index (Phi) is 6.73. The fourth-order valence-corrected chi connectivity index (χ4v) is 6.46. The number of para-hydroxylation sites is 2. The molecule has 1 fully saturated rings. The molecule has 0 spiro atoms. The number of nitrogens with zero attached hydrogens (tertiary/aromatic N) is 4. The van der Waals surface area contributed by atoms with Crippen LogP contribution in [0.15, 0.2) is 65.1 Å². The molecule has 1 N–H and O–H groups in total. The maximum absolute atomic E-state index is 13.6. The van der Waals surface area contributed by atoms with Gasteiger partial charge in [0.25, 0.3) is 0 Å². The first-order valence-corrected chi connectivity index (χ1v) is 13.6.